The number of hydrogen-bond donors (Lipinski definition) is 0. The third kappa shape index (κ3) is 4.90. The Bertz CT molecular complexity index is 1020. The zero-order valence-electron chi connectivity index (χ0n) is 20.7. The van der Waals surface area contributed by atoms with Crippen molar-refractivity contribution in [2.24, 2.45) is 0 Å². The fraction of sp³-hybridized carbons (Fsp3) is 0.519. The van der Waals surface area contributed by atoms with Crippen molar-refractivity contribution in [2.45, 2.75) is 84.9 Å². The number of aryl methyl sites for hydroxylation is 1. The summed E-state index contributed by atoms with van der Waals surface area (Å²) in [4.78, 5) is 13.9. The third-order valence-corrected chi connectivity index (χ3v) is 9.73. The van der Waals surface area contributed by atoms with Gasteiger partial charge in [-0.25, -0.2) is 4.79 Å². The third-order valence-electron chi connectivity index (χ3n) is 6.69. The Morgan fingerprint density at radius 3 is 2.19 bits per heavy atom. The lowest BCUT2D eigenvalue weighted by Crippen LogP contribution is -2.34. The van der Waals surface area contributed by atoms with E-state index in [1.807, 2.05) is 13.0 Å². The van der Waals surface area contributed by atoms with Gasteiger partial charge in [-0.2, -0.15) is 0 Å². The van der Waals surface area contributed by atoms with Crippen molar-refractivity contribution < 1.29 is 9.53 Å². The molecule has 168 valence electrons. The summed E-state index contributed by atoms with van der Waals surface area (Å²) in [6.45, 7) is 21.3. The predicted molar refractivity (Wildman–Crippen MR) is 138 cm³/mol. The highest BCUT2D eigenvalue weighted by Gasteiger charge is 2.38. The van der Waals surface area contributed by atoms with Crippen LogP contribution in [0.15, 0.2) is 24.3 Å². The standard InChI is InChI=1S/C27H38O2SSi/c1-10-29-25(28)23-12-11-19(30-23)16-24(31(7,8)9)20-17-22-21(15-18(20)2)26(3,4)13-14-27(22,5)6/h11-12,15-17H,10,13-14H2,1-9H3/b24-16-. The van der Waals surface area contributed by atoms with Crippen molar-refractivity contribution in [2.75, 3.05) is 6.61 Å². The van der Waals surface area contributed by atoms with Gasteiger partial charge < -0.3 is 4.74 Å². The lowest BCUT2D eigenvalue weighted by molar-refractivity contribution is 0.0532. The van der Waals surface area contributed by atoms with Crippen LogP contribution in [-0.4, -0.2) is 20.7 Å². The number of esters is 1. The fourth-order valence-electron chi connectivity index (χ4n) is 4.60. The molecule has 0 radical (unpaired) electrons. The summed E-state index contributed by atoms with van der Waals surface area (Å²) in [5.74, 6) is -0.226. The highest BCUT2D eigenvalue weighted by atomic mass is 32.1. The van der Waals surface area contributed by atoms with Crippen LogP contribution in [0.25, 0.3) is 11.3 Å². The van der Waals surface area contributed by atoms with Crippen LogP contribution in [0.2, 0.25) is 19.6 Å². The zero-order chi connectivity index (χ0) is 23.2. The van der Waals surface area contributed by atoms with Gasteiger partial charge in [0.1, 0.15) is 4.88 Å². The van der Waals surface area contributed by atoms with Gasteiger partial charge in [0.05, 0.1) is 14.7 Å². The highest BCUT2D eigenvalue weighted by molar-refractivity contribution is 7.15. The van der Waals surface area contributed by atoms with E-state index in [9.17, 15) is 4.79 Å². The number of ether oxygens (including phenoxy) is 1. The maximum Gasteiger partial charge on any atom is 0.348 e. The first-order chi connectivity index (χ1) is 14.3. The second-order valence-electron chi connectivity index (χ2n) is 11.2. The summed E-state index contributed by atoms with van der Waals surface area (Å²) >= 11 is 1.53. The molecule has 2 aromatic rings. The first kappa shape index (κ1) is 24.0. The minimum atomic E-state index is -1.65. The maximum absolute atomic E-state index is 12.1. The minimum Gasteiger partial charge on any atom is -0.462 e. The maximum atomic E-state index is 12.1. The number of thiophene rings is 1. The summed E-state index contributed by atoms with van der Waals surface area (Å²) in [5, 5.41) is 1.45. The van der Waals surface area contributed by atoms with Gasteiger partial charge in [0.25, 0.3) is 0 Å². The Hall–Kier alpha value is -1.65. The second kappa shape index (κ2) is 8.36. The monoisotopic (exact) mass is 454 g/mol. The molecule has 1 heterocycles. The topological polar surface area (TPSA) is 26.3 Å². The number of carbonyl (C=O) groups is 1. The molecule has 0 bridgehead atoms. The molecule has 0 unspecified atom stereocenters. The van der Waals surface area contributed by atoms with E-state index in [2.05, 4.69) is 78.5 Å². The molecule has 0 spiro atoms. The fourth-order valence-corrected chi connectivity index (χ4v) is 7.21. The van der Waals surface area contributed by atoms with Crippen LogP contribution in [0.1, 0.15) is 84.3 Å². The lowest BCUT2D eigenvalue weighted by atomic mass is 9.62. The van der Waals surface area contributed by atoms with Crippen LogP contribution in [0.4, 0.5) is 0 Å². The number of carbonyl (C=O) groups excluding carboxylic acids is 1. The van der Waals surface area contributed by atoms with E-state index in [0.717, 1.165) is 4.88 Å². The number of rotatable bonds is 5. The van der Waals surface area contributed by atoms with Crippen LogP contribution in [-0.2, 0) is 15.6 Å². The van der Waals surface area contributed by atoms with Crippen LogP contribution >= 0.6 is 11.3 Å². The van der Waals surface area contributed by atoms with E-state index in [4.69, 9.17) is 4.74 Å². The van der Waals surface area contributed by atoms with Gasteiger partial charge in [0.2, 0.25) is 0 Å². The number of benzene rings is 1. The molecular weight excluding hydrogens is 416 g/mol. The van der Waals surface area contributed by atoms with E-state index < -0.39 is 8.07 Å². The predicted octanol–water partition coefficient (Wildman–Crippen LogP) is 8.00. The first-order valence-electron chi connectivity index (χ1n) is 11.4. The smallest absolute Gasteiger partial charge is 0.348 e. The van der Waals surface area contributed by atoms with E-state index in [-0.39, 0.29) is 16.8 Å². The van der Waals surface area contributed by atoms with Crippen molar-refractivity contribution in [1.29, 1.82) is 0 Å². The van der Waals surface area contributed by atoms with Gasteiger partial charge in [0.15, 0.2) is 0 Å². The first-order valence-corrected chi connectivity index (χ1v) is 15.7. The molecule has 0 amide bonds. The van der Waals surface area contributed by atoms with Gasteiger partial charge in [-0.05, 0) is 78.0 Å². The molecule has 0 saturated carbocycles. The minimum absolute atomic E-state index is 0.192. The largest absolute Gasteiger partial charge is 0.462 e. The zero-order valence-corrected chi connectivity index (χ0v) is 22.5. The Balaban J connectivity index is 2.15. The van der Waals surface area contributed by atoms with E-state index in [1.54, 1.807) is 0 Å². The van der Waals surface area contributed by atoms with Crippen LogP contribution < -0.4 is 0 Å². The van der Waals surface area contributed by atoms with Crippen LogP contribution in [0, 0.1) is 6.92 Å². The lowest BCUT2D eigenvalue weighted by Gasteiger charge is -2.43. The molecule has 1 aliphatic carbocycles. The Kier molecular flexibility index (Phi) is 6.47. The summed E-state index contributed by atoms with van der Waals surface area (Å²) in [5.41, 5.74) is 6.18. The van der Waals surface area contributed by atoms with Crippen molar-refractivity contribution in [1.82, 2.24) is 0 Å². The Labute approximate surface area is 193 Å². The summed E-state index contributed by atoms with van der Waals surface area (Å²) in [7, 11) is -1.65. The second-order valence-corrected chi connectivity index (χ2v) is 17.4. The van der Waals surface area contributed by atoms with Gasteiger partial charge >= 0.3 is 5.97 Å². The normalized spacial score (nSPS) is 17.9. The number of fused-ring (bicyclic) bond motifs is 1. The van der Waals surface area contributed by atoms with Crippen LogP contribution in [0.5, 0.6) is 0 Å². The molecule has 0 fully saturated rings. The molecule has 0 saturated heterocycles. The van der Waals surface area contributed by atoms with E-state index in [0.29, 0.717) is 11.5 Å². The van der Waals surface area contributed by atoms with Crippen LogP contribution in [0.3, 0.4) is 0 Å². The Morgan fingerprint density at radius 1 is 1.06 bits per heavy atom. The quantitative estimate of drug-likeness (QED) is 0.338. The molecule has 1 aromatic carbocycles. The highest BCUT2D eigenvalue weighted by Crippen LogP contribution is 2.47. The SMILES string of the molecule is CCOC(=O)c1ccc(/C=C(/c2cc3c(cc2C)C(C)(C)CCC3(C)C)[Si](C)(C)C)s1. The molecular formula is C27H38O2SSi. The van der Waals surface area contributed by atoms with Crippen molar-refractivity contribution in [3.05, 3.63) is 56.3 Å². The molecule has 2 nitrogen and oxygen atoms in total. The molecule has 1 aliphatic rings. The molecule has 0 aliphatic heterocycles. The molecule has 0 atom stereocenters. The van der Waals surface area contributed by atoms with Gasteiger partial charge in [-0.3, -0.25) is 0 Å². The van der Waals surface area contributed by atoms with Gasteiger partial charge in [0, 0.05) is 4.88 Å². The molecule has 0 N–H and O–H groups in total. The molecule has 3 rings (SSSR count). The number of hydrogen-bond acceptors (Lipinski definition) is 3. The molecule has 31 heavy (non-hydrogen) atoms. The van der Waals surface area contributed by atoms with Crippen molar-refractivity contribution >= 4 is 36.7 Å². The van der Waals surface area contributed by atoms with E-state index >= 15 is 0 Å². The van der Waals surface area contributed by atoms with Gasteiger partial charge in [-0.15, -0.1) is 11.3 Å². The molecule has 4 heteroatoms. The molecule has 1 aromatic heterocycles. The van der Waals surface area contributed by atoms with E-state index in [1.165, 1.54) is 51.6 Å². The van der Waals surface area contributed by atoms with Crippen molar-refractivity contribution in [3.63, 3.8) is 0 Å². The summed E-state index contributed by atoms with van der Waals surface area (Å²) in [6.07, 6.45) is 4.78. The average Bonchev–Trinajstić information content (AvgIpc) is 3.12. The summed E-state index contributed by atoms with van der Waals surface area (Å²) < 4.78 is 5.18. The summed E-state index contributed by atoms with van der Waals surface area (Å²) in [6, 6.07) is 8.90. The van der Waals surface area contributed by atoms with Crippen molar-refractivity contribution in [3.8, 4) is 0 Å². The van der Waals surface area contributed by atoms with Gasteiger partial charge in [-0.1, -0.05) is 64.7 Å². The Morgan fingerprint density at radius 2 is 1.65 bits per heavy atom. The average molecular weight is 455 g/mol.